The molecule has 0 amide bonds. The van der Waals surface area contributed by atoms with Gasteiger partial charge in [-0.1, -0.05) is 11.6 Å². The fourth-order valence-electron chi connectivity index (χ4n) is 0.755. The van der Waals surface area contributed by atoms with Crippen LogP contribution in [0.5, 0.6) is 5.88 Å². The number of hydrogen-bond donors (Lipinski definition) is 0. The molecule has 0 N–H and O–H groups in total. The van der Waals surface area contributed by atoms with Crippen LogP contribution in [0.3, 0.4) is 0 Å². The van der Waals surface area contributed by atoms with Gasteiger partial charge in [0.2, 0.25) is 5.88 Å². The van der Waals surface area contributed by atoms with Crippen molar-refractivity contribution in [3.63, 3.8) is 0 Å². The van der Waals surface area contributed by atoms with Crippen molar-refractivity contribution in [2.75, 3.05) is 7.11 Å². The van der Waals surface area contributed by atoms with Crippen molar-refractivity contribution < 1.29 is 14.6 Å². The molecule has 0 aliphatic rings. The van der Waals surface area contributed by atoms with Crippen LogP contribution in [-0.4, -0.2) is 23.0 Å². The molecule has 0 aromatic carbocycles. The van der Waals surface area contributed by atoms with E-state index in [-0.39, 0.29) is 23.3 Å². The minimum Gasteiger partial charge on any atom is -0.550 e. The van der Waals surface area contributed by atoms with Crippen LogP contribution in [0.25, 0.3) is 0 Å². The first-order valence-corrected chi connectivity index (χ1v) is 3.77. The van der Waals surface area contributed by atoms with Crippen molar-refractivity contribution in [3.05, 3.63) is 17.0 Å². The van der Waals surface area contributed by atoms with E-state index in [9.17, 15) is 9.90 Å². The van der Waals surface area contributed by atoms with Gasteiger partial charge in [0.25, 0.3) is 0 Å². The predicted octanol–water partition coefficient (Wildman–Crippen LogP) is -0.569. The smallest absolute Gasteiger partial charge is 0.217 e. The number of nitrogens with zero attached hydrogens (tertiary/aromatic N) is 2. The van der Waals surface area contributed by atoms with E-state index in [2.05, 4.69) is 9.97 Å². The molecule has 6 heteroatoms. The Morgan fingerprint density at radius 3 is 2.92 bits per heavy atom. The molecule has 0 aliphatic carbocycles. The summed E-state index contributed by atoms with van der Waals surface area (Å²) in [5, 5.41) is 10.3. The number of rotatable bonds is 3. The van der Waals surface area contributed by atoms with E-state index in [0.717, 1.165) is 0 Å². The Balaban J connectivity index is 2.94. The number of carbonyl (C=O) groups is 1. The van der Waals surface area contributed by atoms with Crippen LogP contribution in [0.1, 0.15) is 5.82 Å². The fraction of sp³-hybridized carbons (Fsp3) is 0.286. The normalized spacial score (nSPS) is 9.69. The van der Waals surface area contributed by atoms with Gasteiger partial charge in [0.05, 0.1) is 7.11 Å². The largest absolute Gasteiger partial charge is 0.550 e. The Morgan fingerprint density at radius 1 is 1.69 bits per heavy atom. The Kier molecular flexibility index (Phi) is 3.02. The third-order valence-electron chi connectivity index (χ3n) is 1.23. The summed E-state index contributed by atoms with van der Waals surface area (Å²) in [4.78, 5) is 17.6. The summed E-state index contributed by atoms with van der Waals surface area (Å²) in [5.41, 5.74) is 0. The Hall–Kier alpha value is -1.36. The molecule has 70 valence electrons. The zero-order chi connectivity index (χ0) is 9.84. The van der Waals surface area contributed by atoms with Crippen molar-refractivity contribution in [1.29, 1.82) is 0 Å². The summed E-state index contributed by atoms with van der Waals surface area (Å²) in [5.74, 6) is -0.954. The zero-order valence-electron chi connectivity index (χ0n) is 6.78. The molecule has 1 heterocycles. The second-order valence-corrected chi connectivity index (χ2v) is 2.59. The number of halogens is 1. The molecule has 0 bridgehead atoms. The summed E-state index contributed by atoms with van der Waals surface area (Å²) in [6.45, 7) is 0. The molecule has 0 spiro atoms. The predicted molar refractivity (Wildman–Crippen MR) is 42.3 cm³/mol. The second-order valence-electron chi connectivity index (χ2n) is 2.20. The molecule has 0 unspecified atom stereocenters. The number of hydrogen-bond acceptors (Lipinski definition) is 5. The lowest BCUT2D eigenvalue weighted by Crippen LogP contribution is -2.25. The monoisotopic (exact) mass is 201 g/mol. The summed E-state index contributed by atoms with van der Waals surface area (Å²) < 4.78 is 4.77. The third-order valence-corrected chi connectivity index (χ3v) is 1.42. The quantitative estimate of drug-likeness (QED) is 0.613. The Morgan fingerprint density at radius 2 is 2.38 bits per heavy atom. The van der Waals surface area contributed by atoms with Crippen molar-refractivity contribution in [2.45, 2.75) is 6.42 Å². The van der Waals surface area contributed by atoms with Gasteiger partial charge in [-0.15, -0.1) is 0 Å². The van der Waals surface area contributed by atoms with E-state index in [0.29, 0.717) is 0 Å². The number of carbonyl (C=O) groups excluding carboxylic acids is 1. The lowest BCUT2D eigenvalue weighted by molar-refractivity contribution is -0.304. The molecular formula is C7H6ClN2O3-. The summed E-state index contributed by atoms with van der Waals surface area (Å²) in [6.07, 6.45) is -0.378. The third kappa shape index (κ3) is 2.87. The highest BCUT2D eigenvalue weighted by Crippen LogP contribution is 2.12. The van der Waals surface area contributed by atoms with Gasteiger partial charge in [-0.2, -0.15) is 4.98 Å². The lowest BCUT2D eigenvalue weighted by Gasteiger charge is -2.03. The maximum Gasteiger partial charge on any atom is 0.217 e. The number of ether oxygens (including phenoxy) is 1. The van der Waals surface area contributed by atoms with Gasteiger partial charge >= 0.3 is 0 Å². The van der Waals surface area contributed by atoms with Crippen molar-refractivity contribution in [3.8, 4) is 5.88 Å². The van der Waals surface area contributed by atoms with Gasteiger partial charge in [0.1, 0.15) is 11.0 Å². The molecule has 1 aromatic heterocycles. The second kappa shape index (κ2) is 4.04. The fourth-order valence-corrected chi connectivity index (χ4v) is 0.946. The molecule has 0 aliphatic heterocycles. The maximum absolute atomic E-state index is 10.2. The molecule has 13 heavy (non-hydrogen) atoms. The molecule has 0 saturated heterocycles. The molecule has 5 nitrogen and oxygen atoms in total. The minimum absolute atomic E-state index is 0.0735. The van der Waals surface area contributed by atoms with Gasteiger partial charge in [0, 0.05) is 18.5 Å². The summed E-state index contributed by atoms with van der Waals surface area (Å²) >= 11 is 5.57. The minimum atomic E-state index is -1.26. The van der Waals surface area contributed by atoms with E-state index in [1.807, 2.05) is 0 Å². The van der Waals surface area contributed by atoms with Crippen LogP contribution in [-0.2, 0) is 11.2 Å². The molecular weight excluding hydrogens is 196 g/mol. The standard InChI is InChI=1S/C7H7ClN2O3/c1-13-6-2-4(8)9-5(10-6)3-7(11)12/h2H,3H2,1H3,(H,11,12)/p-1. The van der Waals surface area contributed by atoms with Gasteiger partial charge in [-0.05, 0) is 0 Å². The summed E-state index contributed by atoms with van der Waals surface area (Å²) in [7, 11) is 1.40. The van der Waals surface area contributed by atoms with Gasteiger partial charge in [0.15, 0.2) is 0 Å². The number of carboxylic acid groups (broad SMARTS) is 1. The van der Waals surface area contributed by atoms with Crippen LogP contribution in [0.2, 0.25) is 5.15 Å². The average Bonchev–Trinajstić information content (AvgIpc) is 2.01. The van der Waals surface area contributed by atoms with Gasteiger partial charge in [-0.25, -0.2) is 4.98 Å². The van der Waals surface area contributed by atoms with Crippen LogP contribution in [0.4, 0.5) is 0 Å². The maximum atomic E-state index is 10.2. The molecule has 0 atom stereocenters. The molecule has 0 saturated carbocycles. The van der Waals surface area contributed by atoms with Crippen LogP contribution in [0.15, 0.2) is 6.07 Å². The average molecular weight is 202 g/mol. The number of aliphatic carboxylic acids is 1. The van der Waals surface area contributed by atoms with Crippen molar-refractivity contribution in [1.82, 2.24) is 9.97 Å². The van der Waals surface area contributed by atoms with E-state index in [4.69, 9.17) is 16.3 Å². The zero-order valence-corrected chi connectivity index (χ0v) is 7.54. The highest BCUT2D eigenvalue weighted by atomic mass is 35.5. The van der Waals surface area contributed by atoms with Crippen molar-refractivity contribution in [2.24, 2.45) is 0 Å². The topological polar surface area (TPSA) is 75.1 Å². The van der Waals surface area contributed by atoms with Crippen LogP contribution >= 0.6 is 11.6 Å². The Bertz CT molecular complexity index is 330. The van der Waals surface area contributed by atoms with Crippen LogP contribution < -0.4 is 9.84 Å². The van der Waals surface area contributed by atoms with Crippen molar-refractivity contribution >= 4 is 17.6 Å². The Labute approximate surface area is 79.3 Å². The molecule has 0 fully saturated rings. The molecule has 0 radical (unpaired) electrons. The first-order chi connectivity index (χ1) is 6.11. The summed E-state index contributed by atoms with van der Waals surface area (Å²) in [6, 6.07) is 1.39. The first kappa shape index (κ1) is 9.73. The molecule has 1 rings (SSSR count). The first-order valence-electron chi connectivity index (χ1n) is 3.39. The molecule has 1 aromatic rings. The lowest BCUT2D eigenvalue weighted by atomic mass is 10.4. The van der Waals surface area contributed by atoms with E-state index in [1.165, 1.54) is 13.2 Å². The number of methoxy groups -OCH3 is 1. The van der Waals surface area contributed by atoms with E-state index >= 15 is 0 Å². The highest BCUT2D eigenvalue weighted by Gasteiger charge is 2.03. The number of aromatic nitrogens is 2. The SMILES string of the molecule is COc1cc(Cl)nc(CC(=O)[O-])n1. The number of carboxylic acids is 1. The van der Waals surface area contributed by atoms with E-state index < -0.39 is 5.97 Å². The highest BCUT2D eigenvalue weighted by molar-refractivity contribution is 6.29. The van der Waals surface area contributed by atoms with Gasteiger partial charge in [-0.3, -0.25) is 0 Å². The van der Waals surface area contributed by atoms with E-state index in [1.54, 1.807) is 0 Å². The van der Waals surface area contributed by atoms with Gasteiger partial charge < -0.3 is 14.6 Å². The van der Waals surface area contributed by atoms with Crippen LogP contribution in [0, 0.1) is 0 Å².